The molecule has 1 aromatic rings. The van der Waals surface area contributed by atoms with Crippen molar-refractivity contribution < 1.29 is 14.3 Å². The summed E-state index contributed by atoms with van der Waals surface area (Å²) in [7, 11) is 1.67. The van der Waals surface area contributed by atoms with Crippen LogP contribution < -0.4 is 4.74 Å². The van der Waals surface area contributed by atoms with E-state index in [1.807, 2.05) is 18.2 Å². The predicted octanol–water partition coefficient (Wildman–Crippen LogP) is 5.11. The minimum Gasteiger partial charge on any atom is -0.497 e. The molecule has 1 atom stereocenters. The fourth-order valence-corrected chi connectivity index (χ4v) is 5.09. The first-order valence-electron chi connectivity index (χ1n) is 7.81. The zero-order valence-electron chi connectivity index (χ0n) is 15.0. The van der Waals surface area contributed by atoms with Gasteiger partial charge in [-0.2, -0.15) is 0 Å². The van der Waals surface area contributed by atoms with Crippen LogP contribution in [-0.4, -0.2) is 18.5 Å². The number of esters is 1. The highest BCUT2D eigenvalue weighted by molar-refractivity contribution is 8.09. The van der Waals surface area contributed by atoms with Crippen molar-refractivity contribution in [2.24, 2.45) is 10.8 Å². The monoisotopic (exact) mass is 334 g/mol. The van der Waals surface area contributed by atoms with E-state index in [0.29, 0.717) is 0 Å². The minimum absolute atomic E-state index is 0.0240. The molecule has 1 aliphatic rings. The van der Waals surface area contributed by atoms with Gasteiger partial charge in [0.25, 0.3) is 0 Å². The van der Waals surface area contributed by atoms with Crippen molar-refractivity contribution in [1.82, 2.24) is 0 Å². The predicted molar refractivity (Wildman–Crippen MR) is 96.3 cm³/mol. The Balaban J connectivity index is 2.57. The van der Waals surface area contributed by atoms with Crippen molar-refractivity contribution in [2.75, 3.05) is 7.11 Å². The van der Waals surface area contributed by atoms with E-state index < -0.39 is 0 Å². The summed E-state index contributed by atoms with van der Waals surface area (Å²) in [6.07, 6.45) is 0. The maximum absolute atomic E-state index is 11.5. The van der Waals surface area contributed by atoms with Crippen LogP contribution in [0.5, 0.6) is 5.75 Å². The van der Waals surface area contributed by atoms with E-state index in [0.717, 1.165) is 11.3 Å². The summed E-state index contributed by atoms with van der Waals surface area (Å²) in [6, 6.07) is 8.06. The molecule has 1 aromatic carbocycles. The van der Waals surface area contributed by atoms with Crippen LogP contribution in [0.4, 0.5) is 0 Å². The highest BCUT2D eigenvalue weighted by Gasteiger charge is 2.48. The number of hydrogen-bond donors (Lipinski definition) is 0. The van der Waals surface area contributed by atoms with Gasteiger partial charge in [-0.15, -0.1) is 0 Å². The Morgan fingerprint density at radius 3 is 2.43 bits per heavy atom. The number of rotatable bonds is 3. The van der Waals surface area contributed by atoms with Gasteiger partial charge in [0, 0.05) is 17.2 Å². The van der Waals surface area contributed by atoms with Crippen molar-refractivity contribution >= 4 is 22.6 Å². The Morgan fingerprint density at radius 2 is 1.91 bits per heavy atom. The summed E-state index contributed by atoms with van der Waals surface area (Å²) in [6.45, 7) is 12.4. The van der Waals surface area contributed by atoms with Gasteiger partial charge in [0.1, 0.15) is 5.75 Å². The normalized spacial score (nSPS) is 20.6. The van der Waals surface area contributed by atoms with Crippen molar-refractivity contribution in [1.29, 1.82) is 0 Å². The molecule has 1 heterocycles. The van der Waals surface area contributed by atoms with Crippen molar-refractivity contribution in [3.8, 4) is 5.75 Å². The Labute approximate surface area is 143 Å². The number of carbonyl (C=O) groups excluding carboxylic acids is 1. The average molecular weight is 334 g/mol. The molecule has 1 unspecified atom stereocenters. The second-order valence-corrected chi connectivity index (χ2v) is 8.54. The molecule has 23 heavy (non-hydrogen) atoms. The molecule has 0 bridgehead atoms. The van der Waals surface area contributed by atoms with Gasteiger partial charge in [0.15, 0.2) is 5.44 Å². The number of hydrogen-bond acceptors (Lipinski definition) is 4. The maximum Gasteiger partial charge on any atom is 0.303 e. The van der Waals surface area contributed by atoms with Crippen LogP contribution in [0.25, 0.3) is 4.91 Å². The van der Waals surface area contributed by atoms with Crippen molar-refractivity contribution in [3.05, 3.63) is 35.4 Å². The van der Waals surface area contributed by atoms with E-state index in [-0.39, 0.29) is 22.2 Å². The molecule has 0 aliphatic carbocycles. The molecular formula is C19H26O3S. The summed E-state index contributed by atoms with van der Waals surface area (Å²) in [5, 5.41) is 0. The van der Waals surface area contributed by atoms with Gasteiger partial charge in [0.05, 0.1) is 7.11 Å². The first kappa shape index (κ1) is 17.9. The molecule has 0 N–H and O–H groups in total. The number of benzene rings is 1. The second-order valence-electron chi connectivity index (χ2n) is 7.47. The third-order valence-electron chi connectivity index (χ3n) is 4.04. The second kappa shape index (κ2) is 6.23. The maximum atomic E-state index is 11.5. The molecular weight excluding hydrogens is 308 g/mol. The van der Waals surface area contributed by atoms with Crippen molar-refractivity contribution in [2.45, 2.75) is 47.0 Å². The van der Waals surface area contributed by atoms with Gasteiger partial charge in [-0.1, -0.05) is 58.5 Å². The molecule has 126 valence electrons. The lowest BCUT2D eigenvalue weighted by atomic mass is 9.70. The molecule has 0 amide bonds. The van der Waals surface area contributed by atoms with Crippen molar-refractivity contribution in [3.63, 3.8) is 0 Å². The Kier molecular flexibility index (Phi) is 4.86. The molecule has 0 saturated carbocycles. The SMILES string of the molecule is COc1cccc(C2=C(C(C)(C)C)C(C)(C)C(OC(C)=O)S2)c1. The van der Waals surface area contributed by atoms with E-state index in [2.05, 4.69) is 40.7 Å². The quantitative estimate of drug-likeness (QED) is 0.719. The Morgan fingerprint density at radius 1 is 1.26 bits per heavy atom. The van der Waals surface area contributed by atoms with E-state index in [4.69, 9.17) is 9.47 Å². The summed E-state index contributed by atoms with van der Waals surface area (Å²) < 4.78 is 11.0. The lowest BCUT2D eigenvalue weighted by Gasteiger charge is -2.35. The third kappa shape index (κ3) is 3.57. The molecule has 0 saturated heterocycles. The number of ether oxygens (including phenoxy) is 2. The van der Waals surface area contributed by atoms with Gasteiger partial charge in [-0.3, -0.25) is 4.79 Å². The Hall–Kier alpha value is -1.42. The van der Waals surface area contributed by atoms with E-state index >= 15 is 0 Å². The fraction of sp³-hybridized carbons (Fsp3) is 0.526. The molecule has 3 nitrogen and oxygen atoms in total. The zero-order valence-corrected chi connectivity index (χ0v) is 15.8. The Bertz CT molecular complexity index is 638. The van der Waals surface area contributed by atoms with Crippen LogP contribution in [0.3, 0.4) is 0 Å². The molecule has 4 heteroatoms. The molecule has 1 aliphatic heterocycles. The smallest absolute Gasteiger partial charge is 0.303 e. The highest BCUT2D eigenvalue weighted by atomic mass is 32.2. The van der Waals surface area contributed by atoms with E-state index in [1.165, 1.54) is 17.4 Å². The van der Waals surface area contributed by atoms with E-state index in [9.17, 15) is 4.79 Å². The average Bonchev–Trinajstić information content (AvgIpc) is 2.69. The molecule has 0 radical (unpaired) electrons. The first-order valence-corrected chi connectivity index (χ1v) is 8.69. The van der Waals surface area contributed by atoms with Gasteiger partial charge in [0.2, 0.25) is 0 Å². The summed E-state index contributed by atoms with van der Waals surface area (Å²) in [4.78, 5) is 12.7. The van der Waals surface area contributed by atoms with Gasteiger partial charge in [-0.05, 0) is 28.7 Å². The summed E-state index contributed by atoms with van der Waals surface area (Å²) in [5.41, 5.74) is 1.96. The van der Waals surface area contributed by atoms with Gasteiger partial charge < -0.3 is 9.47 Å². The minimum atomic E-state index is -0.240. The summed E-state index contributed by atoms with van der Waals surface area (Å²) >= 11 is 1.63. The standard InChI is InChI=1S/C19H26O3S/c1-12(20)22-17-19(5,6)16(18(2,3)4)15(23-17)13-9-8-10-14(11-13)21-7/h8-11,17H,1-7H3. The lowest BCUT2D eigenvalue weighted by Crippen LogP contribution is -2.33. The van der Waals surface area contributed by atoms with Crippen LogP contribution in [-0.2, 0) is 9.53 Å². The largest absolute Gasteiger partial charge is 0.497 e. The van der Waals surface area contributed by atoms with Crippen LogP contribution in [0.15, 0.2) is 29.8 Å². The van der Waals surface area contributed by atoms with Crippen LogP contribution in [0.1, 0.15) is 47.1 Å². The molecule has 2 rings (SSSR count). The summed E-state index contributed by atoms with van der Waals surface area (Å²) in [5.74, 6) is 0.591. The number of carbonyl (C=O) groups is 1. The van der Waals surface area contributed by atoms with Crippen LogP contribution in [0, 0.1) is 10.8 Å². The number of thioether (sulfide) groups is 1. The molecule has 0 aromatic heterocycles. The first-order chi connectivity index (χ1) is 10.6. The van der Waals surface area contributed by atoms with Gasteiger partial charge >= 0.3 is 5.97 Å². The van der Waals surface area contributed by atoms with Crippen LogP contribution in [0.2, 0.25) is 0 Å². The van der Waals surface area contributed by atoms with Gasteiger partial charge in [-0.25, -0.2) is 0 Å². The van der Waals surface area contributed by atoms with E-state index in [1.54, 1.807) is 18.9 Å². The molecule has 0 fully saturated rings. The topological polar surface area (TPSA) is 35.5 Å². The third-order valence-corrected chi connectivity index (χ3v) is 5.62. The molecule has 0 spiro atoms. The fourth-order valence-electron chi connectivity index (χ4n) is 3.33. The lowest BCUT2D eigenvalue weighted by molar-refractivity contribution is -0.145. The highest BCUT2D eigenvalue weighted by Crippen LogP contribution is 2.59. The number of methoxy groups -OCH3 is 1. The van der Waals surface area contributed by atoms with Crippen LogP contribution >= 0.6 is 11.8 Å². The zero-order chi connectivity index (χ0) is 17.4.